The van der Waals surface area contributed by atoms with Crippen molar-refractivity contribution < 1.29 is 14.3 Å². The first-order valence-electron chi connectivity index (χ1n) is 10.7. The monoisotopic (exact) mass is 490 g/mol. The Labute approximate surface area is 192 Å². The fourth-order valence-electron chi connectivity index (χ4n) is 3.75. The molecule has 1 aromatic heterocycles. The second kappa shape index (κ2) is 9.85. The molecule has 2 amide bonds. The Morgan fingerprint density at radius 3 is 2.65 bits per heavy atom. The van der Waals surface area contributed by atoms with E-state index in [2.05, 4.69) is 26.3 Å². The molecule has 2 aromatic rings. The van der Waals surface area contributed by atoms with E-state index < -0.39 is 5.60 Å². The first-order valence-corrected chi connectivity index (χ1v) is 11.5. The van der Waals surface area contributed by atoms with Gasteiger partial charge in [-0.05, 0) is 77.1 Å². The molecular weight excluding hydrogens is 460 g/mol. The summed E-state index contributed by atoms with van der Waals surface area (Å²) in [5, 5.41) is 7.38. The minimum Gasteiger partial charge on any atom is -0.444 e. The number of aromatic nitrogens is 2. The van der Waals surface area contributed by atoms with Crippen LogP contribution in [0, 0.1) is 12.8 Å². The van der Waals surface area contributed by atoms with Crippen LogP contribution in [0.1, 0.15) is 56.1 Å². The van der Waals surface area contributed by atoms with Gasteiger partial charge in [0.1, 0.15) is 5.60 Å². The number of piperidine rings is 1. The Balaban J connectivity index is 1.51. The zero-order valence-corrected chi connectivity index (χ0v) is 20.2. The van der Waals surface area contributed by atoms with Crippen molar-refractivity contribution in [1.82, 2.24) is 20.0 Å². The van der Waals surface area contributed by atoms with Gasteiger partial charge in [-0.25, -0.2) is 9.48 Å². The van der Waals surface area contributed by atoms with Gasteiger partial charge in [-0.1, -0.05) is 15.9 Å². The molecule has 8 heteroatoms. The summed E-state index contributed by atoms with van der Waals surface area (Å²) in [7, 11) is 0. The third kappa shape index (κ3) is 6.32. The van der Waals surface area contributed by atoms with Crippen LogP contribution in [0.25, 0.3) is 5.69 Å². The number of carbonyl (C=O) groups excluding carboxylic acids is 2. The van der Waals surface area contributed by atoms with Crippen molar-refractivity contribution in [3.63, 3.8) is 0 Å². The number of hydrogen-bond donors (Lipinski definition) is 1. The molecule has 0 spiro atoms. The maximum absolute atomic E-state index is 12.7. The highest BCUT2D eigenvalue weighted by atomic mass is 79.9. The number of rotatable bonds is 5. The summed E-state index contributed by atoms with van der Waals surface area (Å²) in [6, 6.07) is 7.79. The van der Waals surface area contributed by atoms with Crippen LogP contribution in [0.2, 0.25) is 0 Å². The average molecular weight is 491 g/mol. The van der Waals surface area contributed by atoms with Crippen LogP contribution in [0.3, 0.4) is 0 Å². The lowest BCUT2D eigenvalue weighted by Gasteiger charge is -2.34. The normalized spacial score (nSPS) is 16.8. The minimum absolute atomic E-state index is 0.124. The van der Waals surface area contributed by atoms with Crippen molar-refractivity contribution >= 4 is 27.9 Å². The molecule has 31 heavy (non-hydrogen) atoms. The van der Waals surface area contributed by atoms with Crippen LogP contribution < -0.4 is 5.32 Å². The van der Waals surface area contributed by atoms with Crippen LogP contribution in [0.15, 0.2) is 34.9 Å². The predicted molar refractivity (Wildman–Crippen MR) is 123 cm³/mol. The summed E-state index contributed by atoms with van der Waals surface area (Å²) in [6.45, 7) is 9.49. The SMILES string of the molecule is Cc1c(C(=O)NCCC2CCCN(C(=O)OC(C)(C)C)C2)cnn1-c1ccc(Br)cc1. The maximum Gasteiger partial charge on any atom is 0.410 e. The number of carbonyl (C=O) groups is 2. The van der Waals surface area contributed by atoms with Crippen LogP contribution in [0.4, 0.5) is 4.79 Å². The number of likely N-dealkylation sites (tertiary alicyclic amines) is 1. The number of ether oxygens (including phenoxy) is 1. The molecule has 1 aliphatic heterocycles. The van der Waals surface area contributed by atoms with Crippen molar-refractivity contribution in [2.24, 2.45) is 5.92 Å². The highest BCUT2D eigenvalue weighted by molar-refractivity contribution is 9.10. The molecule has 1 N–H and O–H groups in total. The van der Waals surface area contributed by atoms with Crippen molar-refractivity contribution in [3.8, 4) is 5.69 Å². The fourth-order valence-corrected chi connectivity index (χ4v) is 4.02. The molecule has 1 aromatic carbocycles. The van der Waals surface area contributed by atoms with Gasteiger partial charge < -0.3 is 15.0 Å². The van der Waals surface area contributed by atoms with E-state index >= 15 is 0 Å². The van der Waals surface area contributed by atoms with E-state index in [1.807, 2.05) is 52.0 Å². The molecule has 0 saturated carbocycles. The number of nitrogens with one attached hydrogen (secondary N) is 1. The largest absolute Gasteiger partial charge is 0.444 e. The number of nitrogens with zero attached hydrogens (tertiary/aromatic N) is 3. The van der Waals surface area contributed by atoms with Crippen molar-refractivity contribution in [2.75, 3.05) is 19.6 Å². The Morgan fingerprint density at radius 1 is 1.26 bits per heavy atom. The van der Waals surface area contributed by atoms with E-state index in [4.69, 9.17) is 4.74 Å². The number of halogens is 1. The summed E-state index contributed by atoms with van der Waals surface area (Å²) in [4.78, 5) is 26.8. The van der Waals surface area contributed by atoms with Crippen LogP contribution >= 0.6 is 15.9 Å². The lowest BCUT2D eigenvalue weighted by molar-refractivity contribution is 0.0161. The van der Waals surface area contributed by atoms with Gasteiger partial charge in [0.25, 0.3) is 5.91 Å². The second-order valence-corrected chi connectivity index (χ2v) is 9.93. The summed E-state index contributed by atoms with van der Waals surface area (Å²) in [5.74, 6) is 0.230. The third-order valence-corrected chi connectivity index (χ3v) is 5.86. The Kier molecular flexibility index (Phi) is 7.41. The fraction of sp³-hybridized carbons (Fsp3) is 0.522. The summed E-state index contributed by atoms with van der Waals surface area (Å²) < 4.78 is 8.25. The number of amides is 2. The molecule has 0 bridgehead atoms. The van der Waals surface area contributed by atoms with Crippen molar-refractivity contribution in [2.45, 2.75) is 52.6 Å². The van der Waals surface area contributed by atoms with Gasteiger partial charge in [0.2, 0.25) is 0 Å². The van der Waals surface area contributed by atoms with Gasteiger partial charge in [-0.2, -0.15) is 5.10 Å². The zero-order valence-electron chi connectivity index (χ0n) is 18.7. The minimum atomic E-state index is -0.490. The predicted octanol–water partition coefficient (Wildman–Crippen LogP) is 4.71. The van der Waals surface area contributed by atoms with E-state index in [9.17, 15) is 9.59 Å². The van der Waals surface area contributed by atoms with Gasteiger partial charge in [-0.3, -0.25) is 4.79 Å². The van der Waals surface area contributed by atoms with Crippen LogP contribution in [-0.2, 0) is 4.74 Å². The van der Waals surface area contributed by atoms with Gasteiger partial charge in [0.05, 0.1) is 23.1 Å². The molecule has 3 rings (SSSR count). The average Bonchev–Trinajstić information content (AvgIpc) is 3.09. The quantitative estimate of drug-likeness (QED) is 0.658. The van der Waals surface area contributed by atoms with Crippen LogP contribution in [0.5, 0.6) is 0 Å². The van der Waals surface area contributed by atoms with E-state index in [1.165, 1.54) is 0 Å². The molecule has 0 aliphatic carbocycles. The molecular formula is C23H31BrN4O3. The smallest absolute Gasteiger partial charge is 0.410 e. The molecule has 1 aliphatic rings. The molecule has 1 atom stereocenters. The Morgan fingerprint density at radius 2 is 1.97 bits per heavy atom. The van der Waals surface area contributed by atoms with E-state index in [0.717, 1.165) is 41.7 Å². The molecule has 0 radical (unpaired) electrons. The summed E-state index contributed by atoms with van der Waals surface area (Å²) >= 11 is 3.43. The molecule has 168 valence electrons. The van der Waals surface area contributed by atoms with Gasteiger partial charge >= 0.3 is 6.09 Å². The lowest BCUT2D eigenvalue weighted by atomic mass is 9.95. The Bertz CT molecular complexity index is 918. The highest BCUT2D eigenvalue weighted by Gasteiger charge is 2.27. The van der Waals surface area contributed by atoms with E-state index in [-0.39, 0.29) is 12.0 Å². The summed E-state index contributed by atoms with van der Waals surface area (Å²) in [5.41, 5.74) is 1.79. The second-order valence-electron chi connectivity index (χ2n) is 9.01. The first kappa shape index (κ1) is 23.3. The van der Waals surface area contributed by atoms with Crippen molar-refractivity contribution in [3.05, 3.63) is 46.2 Å². The molecule has 1 fully saturated rings. The Hall–Kier alpha value is -2.35. The third-order valence-electron chi connectivity index (χ3n) is 5.33. The highest BCUT2D eigenvalue weighted by Crippen LogP contribution is 2.22. The lowest BCUT2D eigenvalue weighted by Crippen LogP contribution is -2.43. The van der Waals surface area contributed by atoms with Gasteiger partial charge in [-0.15, -0.1) is 0 Å². The van der Waals surface area contributed by atoms with Crippen molar-refractivity contribution in [1.29, 1.82) is 0 Å². The van der Waals surface area contributed by atoms with E-state index in [1.54, 1.807) is 15.8 Å². The number of hydrogen-bond acceptors (Lipinski definition) is 4. The first-order chi connectivity index (χ1) is 14.6. The maximum atomic E-state index is 12.7. The molecule has 1 unspecified atom stereocenters. The van der Waals surface area contributed by atoms with E-state index in [0.29, 0.717) is 24.6 Å². The van der Waals surface area contributed by atoms with Gasteiger partial charge in [0, 0.05) is 24.1 Å². The van der Waals surface area contributed by atoms with Gasteiger partial charge in [0.15, 0.2) is 0 Å². The summed E-state index contributed by atoms with van der Waals surface area (Å²) in [6.07, 6.45) is 4.19. The topological polar surface area (TPSA) is 76.5 Å². The molecule has 7 nitrogen and oxygen atoms in total. The zero-order chi connectivity index (χ0) is 22.6. The molecule has 2 heterocycles. The van der Waals surface area contributed by atoms with Crippen LogP contribution in [-0.4, -0.2) is 51.9 Å². The standard InChI is InChI=1S/C23H31BrN4O3/c1-16-20(14-26-28(16)19-9-7-18(24)8-10-19)21(29)25-12-11-17-6-5-13-27(15-17)22(30)31-23(2,3)4/h7-10,14,17H,5-6,11-13,15H2,1-4H3,(H,25,29). The number of benzene rings is 1. The molecule has 1 saturated heterocycles.